The summed E-state index contributed by atoms with van der Waals surface area (Å²) in [5.74, 6) is 0.166. The molecule has 21 heavy (non-hydrogen) atoms. The Morgan fingerprint density at radius 3 is 2.57 bits per heavy atom. The van der Waals surface area contributed by atoms with Crippen LogP contribution in [-0.2, 0) is 9.53 Å². The molecule has 1 aliphatic rings. The Hall–Kier alpha value is -1.39. The monoisotopic (exact) mass is 290 g/mol. The molecule has 2 unspecified atom stereocenters. The normalized spacial score (nSPS) is 22.9. The third kappa shape index (κ3) is 3.83. The summed E-state index contributed by atoms with van der Waals surface area (Å²) in [5, 5.41) is 3.39. The minimum Gasteiger partial charge on any atom is -0.385 e. The first-order valence-electron chi connectivity index (χ1n) is 7.55. The van der Waals surface area contributed by atoms with E-state index in [1.165, 1.54) is 0 Å². The van der Waals surface area contributed by atoms with Crippen LogP contribution in [0.1, 0.15) is 38.8 Å². The summed E-state index contributed by atoms with van der Waals surface area (Å²) in [6.07, 6.45) is 1.00. The van der Waals surface area contributed by atoms with Crippen molar-refractivity contribution in [3.63, 3.8) is 0 Å². The van der Waals surface area contributed by atoms with Crippen LogP contribution in [0.2, 0.25) is 0 Å². The lowest BCUT2D eigenvalue weighted by molar-refractivity contribution is -0.131. The van der Waals surface area contributed by atoms with Gasteiger partial charge in [0.05, 0.1) is 6.17 Å². The Morgan fingerprint density at radius 2 is 1.95 bits per heavy atom. The molecule has 0 radical (unpaired) electrons. The van der Waals surface area contributed by atoms with Crippen molar-refractivity contribution in [2.24, 2.45) is 5.41 Å². The van der Waals surface area contributed by atoms with Crippen molar-refractivity contribution in [2.75, 3.05) is 20.3 Å². The fraction of sp³-hybridized carbons (Fsp3) is 0.588. The predicted octanol–water partition coefficient (Wildman–Crippen LogP) is 2.57. The lowest BCUT2D eigenvalue weighted by Crippen LogP contribution is -2.41. The van der Waals surface area contributed by atoms with Crippen LogP contribution in [0.3, 0.4) is 0 Å². The van der Waals surface area contributed by atoms with Gasteiger partial charge < -0.3 is 9.64 Å². The van der Waals surface area contributed by atoms with E-state index in [2.05, 4.69) is 19.2 Å². The summed E-state index contributed by atoms with van der Waals surface area (Å²) < 4.78 is 5.17. The van der Waals surface area contributed by atoms with E-state index in [0.717, 1.165) is 25.1 Å². The Bertz CT molecular complexity index is 473. The van der Waals surface area contributed by atoms with Crippen LogP contribution < -0.4 is 5.32 Å². The lowest BCUT2D eigenvalue weighted by atomic mass is 9.89. The van der Waals surface area contributed by atoms with Crippen LogP contribution in [-0.4, -0.2) is 37.2 Å². The number of nitrogens with zero attached hydrogens (tertiary/aromatic N) is 1. The highest BCUT2D eigenvalue weighted by molar-refractivity contribution is 5.85. The van der Waals surface area contributed by atoms with Gasteiger partial charge in [-0.15, -0.1) is 0 Å². The van der Waals surface area contributed by atoms with E-state index in [0.29, 0.717) is 0 Å². The Labute approximate surface area is 127 Å². The zero-order valence-corrected chi connectivity index (χ0v) is 13.4. The average Bonchev–Trinajstić information content (AvgIpc) is 2.74. The van der Waals surface area contributed by atoms with Crippen LogP contribution in [0.25, 0.3) is 0 Å². The summed E-state index contributed by atoms with van der Waals surface area (Å²) in [6, 6.07) is 9.70. The third-order valence-electron chi connectivity index (χ3n) is 4.12. The van der Waals surface area contributed by atoms with E-state index >= 15 is 0 Å². The van der Waals surface area contributed by atoms with Gasteiger partial charge >= 0.3 is 0 Å². The summed E-state index contributed by atoms with van der Waals surface area (Å²) >= 11 is 0. The van der Waals surface area contributed by atoms with Gasteiger partial charge in [0.2, 0.25) is 5.91 Å². The molecule has 0 saturated carbocycles. The van der Waals surface area contributed by atoms with E-state index in [1.54, 1.807) is 7.11 Å². The number of benzene rings is 1. The first-order chi connectivity index (χ1) is 9.94. The van der Waals surface area contributed by atoms with E-state index in [1.807, 2.05) is 42.2 Å². The van der Waals surface area contributed by atoms with Crippen molar-refractivity contribution in [3.8, 4) is 0 Å². The molecule has 1 aliphatic heterocycles. The predicted molar refractivity (Wildman–Crippen MR) is 83.8 cm³/mol. The maximum atomic E-state index is 12.7. The highest BCUT2D eigenvalue weighted by atomic mass is 16.5. The Kier molecular flexibility index (Phi) is 5.01. The van der Waals surface area contributed by atoms with E-state index in [4.69, 9.17) is 4.74 Å². The van der Waals surface area contributed by atoms with Gasteiger partial charge in [-0.1, -0.05) is 44.2 Å². The smallest absolute Gasteiger partial charge is 0.245 e. The van der Waals surface area contributed by atoms with Gasteiger partial charge in [0.1, 0.15) is 6.04 Å². The largest absolute Gasteiger partial charge is 0.385 e. The maximum absolute atomic E-state index is 12.7. The zero-order chi connectivity index (χ0) is 15.5. The molecule has 0 aliphatic carbocycles. The molecule has 0 spiro atoms. The zero-order valence-electron chi connectivity index (χ0n) is 13.4. The fourth-order valence-electron chi connectivity index (χ4n) is 2.78. The minimum absolute atomic E-state index is 0.0488. The number of amides is 1. The summed E-state index contributed by atoms with van der Waals surface area (Å²) in [5.41, 5.74) is 1.08. The van der Waals surface area contributed by atoms with Gasteiger partial charge in [0, 0.05) is 20.3 Å². The number of hydrogen-bond donors (Lipinski definition) is 1. The molecule has 0 aromatic heterocycles. The maximum Gasteiger partial charge on any atom is 0.245 e. The van der Waals surface area contributed by atoms with Crippen molar-refractivity contribution in [1.29, 1.82) is 0 Å². The number of nitrogens with one attached hydrogen (secondary N) is 1. The number of hydrogen-bond acceptors (Lipinski definition) is 3. The molecule has 1 amide bonds. The second kappa shape index (κ2) is 6.58. The van der Waals surface area contributed by atoms with E-state index < -0.39 is 0 Å². The van der Waals surface area contributed by atoms with Crippen LogP contribution in [0, 0.1) is 5.41 Å². The molecule has 1 N–H and O–H groups in total. The van der Waals surface area contributed by atoms with Crippen LogP contribution in [0.5, 0.6) is 0 Å². The standard InChI is InChI=1S/C17H26N2O2/c1-13-18-15(14-8-6-5-7-9-14)16(20)19(13)12-17(2,3)10-11-21-4/h5-9,13,15,18H,10-12H2,1-4H3. The first kappa shape index (κ1) is 16.0. The van der Waals surface area contributed by atoms with Gasteiger partial charge in [0.15, 0.2) is 0 Å². The molecule has 1 aromatic carbocycles. The van der Waals surface area contributed by atoms with Gasteiger partial charge in [0.25, 0.3) is 0 Å². The Balaban J connectivity index is 2.07. The van der Waals surface area contributed by atoms with Crippen LogP contribution >= 0.6 is 0 Å². The second-order valence-corrected chi connectivity index (χ2v) is 6.56. The molecule has 1 saturated heterocycles. The van der Waals surface area contributed by atoms with Crippen molar-refractivity contribution in [1.82, 2.24) is 10.2 Å². The van der Waals surface area contributed by atoms with Crippen molar-refractivity contribution >= 4 is 5.91 Å². The molecule has 4 nitrogen and oxygen atoms in total. The number of carbonyl (C=O) groups is 1. The molecule has 4 heteroatoms. The summed E-state index contributed by atoms with van der Waals surface area (Å²) in [7, 11) is 1.71. The molecule has 2 rings (SSSR count). The summed E-state index contributed by atoms with van der Waals surface area (Å²) in [4.78, 5) is 14.7. The molecule has 0 bridgehead atoms. The summed E-state index contributed by atoms with van der Waals surface area (Å²) in [6.45, 7) is 7.88. The number of rotatable bonds is 6. The van der Waals surface area contributed by atoms with E-state index in [-0.39, 0.29) is 23.5 Å². The molecule has 1 aromatic rings. The molecule has 2 atom stereocenters. The number of carbonyl (C=O) groups excluding carboxylic acids is 1. The molecule has 116 valence electrons. The number of ether oxygens (including phenoxy) is 1. The molecular weight excluding hydrogens is 264 g/mol. The van der Waals surface area contributed by atoms with Crippen molar-refractivity contribution < 1.29 is 9.53 Å². The average molecular weight is 290 g/mol. The van der Waals surface area contributed by atoms with E-state index in [9.17, 15) is 4.79 Å². The highest BCUT2D eigenvalue weighted by Crippen LogP contribution is 2.29. The quantitative estimate of drug-likeness (QED) is 0.875. The van der Waals surface area contributed by atoms with Crippen LogP contribution in [0.4, 0.5) is 0 Å². The van der Waals surface area contributed by atoms with Gasteiger partial charge in [-0.05, 0) is 24.3 Å². The fourth-order valence-corrected chi connectivity index (χ4v) is 2.78. The molecular formula is C17H26N2O2. The van der Waals surface area contributed by atoms with Crippen LogP contribution in [0.15, 0.2) is 30.3 Å². The third-order valence-corrected chi connectivity index (χ3v) is 4.12. The highest BCUT2D eigenvalue weighted by Gasteiger charge is 2.39. The Morgan fingerprint density at radius 1 is 1.29 bits per heavy atom. The number of methoxy groups -OCH3 is 1. The van der Waals surface area contributed by atoms with Gasteiger partial charge in [-0.3, -0.25) is 10.1 Å². The minimum atomic E-state index is -0.223. The van der Waals surface area contributed by atoms with Crippen molar-refractivity contribution in [3.05, 3.63) is 35.9 Å². The molecule has 1 fully saturated rings. The SMILES string of the molecule is COCCC(C)(C)CN1C(=O)C(c2ccccc2)NC1C. The van der Waals surface area contributed by atoms with Crippen molar-refractivity contribution in [2.45, 2.75) is 39.4 Å². The first-order valence-corrected chi connectivity index (χ1v) is 7.55. The van der Waals surface area contributed by atoms with Gasteiger partial charge in [-0.25, -0.2) is 0 Å². The molecule has 1 heterocycles. The van der Waals surface area contributed by atoms with Gasteiger partial charge in [-0.2, -0.15) is 0 Å². The second-order valence-electron chi connectivity index (χ2n) is 6.56. The topological polar surface area (TPSA) is 41.6 Å². The lowest BCUT2D eigenvalue weighted by Gasteiger charge is -2.32.